The minimum Gasteiger partial charge on any atom is -0.351 e. The Morgan fingerprint density at radius 2 is 2.38 bits per heavy atom. The second kappa shape index (κ2) is 3.70. The third-order valence-corrected chi connectivity index (χ3v) is 2.34. The van der Waals surface area contributed by atoms with Gasteiger partial charge in [-0.05, 0) is 0 Å². The predicted molar refractivity (Wildman–Crippen MR) is 52.0 cm³/mol. The molecular weight excluding hydrogens is 166 g/mol. The quantitative estimate of drug-likeness (QED) is 0.633. The van der Waals surface area contributed by atoms with Crippen molar-refractivity contribution < 1.29 is 9.28 Å². The summed E-state index contributed by atoms with van der Waals surface area (Å²) in [7, 11) is 2.07. The molecule has 0 spiro atoms. The normalized spacial score (nSPS) is 25.9. The van der Waals surface area contributed by atoms with E-state index in [1.54, 1.807) is 0 Å². The summed E-state index contributed by atoms with van der Waals surface area (Å²) in [6, 6.07) is 0. The Hall–Kier alpha value is -1.16. The smallest absolute Gasteiger partial charge is 0.217 e. The molecule has 1 aliphatic rings. The van der Waals surface area contributed by atoms with E-state index in [0.29, 0.717) is 11.0 Å². The summed E-state index contributed by atoms with van der Waals surface area (Å²) in [6.07, 6.45) is 3.74. The summed E-state index contributed by atoms with van der Waals surface area (Å²) in [5, 5.41) is 2.77. The lowest BCUT2D eigenvalue weighted by atomic mass is 10.3. The molecule has 1 unspecified atom stereocenters. The number of allylic oxidation sites excluding steroid dienone is 1. The lowest BCUT2D eigenvalue weighted by Gasteiger charge is -2.25. The molecule has 0 aromatic rings. The molecule has 13 heavy (non-hydrogen) atoms. The summed E-state index contributed by atoms with van der Waals surface area (Å²) in [6.45, 7) is 5.11. The van der Waals surface area contributed by atoms with Crippen LogP contribution in [0.25, 0.3) is 0 Å². The zero-order valence-corrected chi connectivity index (χ0v) is 8.37. The van der Waals surface area contributed by atoms with Crippen molar-refractivity contribution in [3.05, 3.63) is 11.9 Å². The van der Waals surface area contributed by atoms with E-state index >= 15 is 0 Å². The Morgan fingerprint density at radius 1 is 1.69 bits per heavy atom. The van der Waals surface area contributed by atoms with Gasteiger partial charge in [0.2, 0.25) is 5.91 Å². The van der Waals surface area contributed by atoms with Crippen LogP contribution in [0.4, 0.5) is 0 Å². The molecule has 4 nitrogen and oxygen atoms in total. The van der Waals surface area contributed by atoms with E-state index in [1.807, 2.05) is 19.5 Å². The molecule has 0 fully saturated rings. The first kappa shape index (κ1) is 9.92. The van der Waals surface area contributed by atoms with E-state index in [1.165, 1.54) is 12.6 Å². The maximum absolute atomic E-state index is 10.6. The summed E-state index contributed by atoms with van der Waals surface area (Å²) in [4.78, 5) is 14.7. The van der Waals surface area contributed by atoms with E-state index in [9.17, 15) is 4.79 Å². The summed E-state index contributed by atoms with van der Waals surface area (Å²) < 4.78 is 0.695. The highest BCUT2D eigenvalue weighted by Crippen LogP contribution is 2.15. The number of nitrogens with zero attached hydrogens (tertiary/aromatic N) is 2. The van der Waals surface area contributed by atoms with E-state index in [0.717, 1.165) is 6.54 Å². The van der Waals surface area contributed by atoms with Gasteiger partial charge in [0.25, 0.3) is 0 Å². The summed E-state index contributed by atoms with van der Waals surface area (Å²) in [5.74, 6) is 0.0179. The minimum absolute atomic E-state index is 0.0179. The zero-order chi connectivity index (χ0) is 9.90. The number of carbonyl (C=O) groups is 1. The monoisotopic (exact) mass is 182 g/mol. The average molecular weight is 182 g/mol. The second-order valence-corrected chi connectivity index (χ2v) is 3.51. The number of quaternary nitrogens is 1. The molecule has 0 radical (unpaired) electrons. The molecule has 0 bridgehead atoms. The molecule has 0 saturated carbocycles. The fourth-order valence-electron chi connectivity index (χ4n) is 1.21. The number of aliphatic imine (C=N–C) groups is 1. The van der Waals surface area contributed by atoms with Crippen molar-refractivity contribution in [3.8, 4) is 0 Å². The maximum Gasteiger partial charge on any atom is 0.217 e. The largest absolute Gasteiger partial charge is 0.351 e. The second-order valence-electron chi connectivity index (χ2n) is 3.51. The molecule has 1 atom stereocenters. The van der Waals surface area contributed by atoms with Crippen LogP contribution in [0.2, 0.25) is 0 Å². The molecule has 1 aliphatic heterocycles. The van der Waals surface area contributed by atoms with Gasteiger partial charge in [-0.25, -0.2) is 4.99 Å². The van der Waals surface area contributed by atoms with Crippen LogP contribution in [0.5, 0.6) is 0 Å². The van der Waals surface area contributed by atoms with E-state index < -0.39 is 0 Å². The molecule has 4 heteroatoms. The van der Waals surface area contributed by atoms with Crippen molar-refractivity contribution in [1.29, 1.82) is 0 Å². The first-order valence-electron chi connectivity index (χ1n) is 4.36. The maximum atomic E-state index is 10.6. The Morgan fingerprint density at radius 3 is 2.85 bits per heavy atom. The van der Waals surface area contributed by atoms with Crippen LogP contribution in [-0.4, -0.2) is 36.9 Å². The Labute approximate surface area is 78.5 Å². The van der Waals surface area contributed by atoms with Crippen molar-refractivity contribution in [2.45, 2.75) is 13.8 Å². The van der Waals surface area contributed by atoms with Crippen molar-refractivity contribution in [1.82, 2.24) is 5.32 Å². The highest BCUT2D eigenvalue weighted by molar-refractivity contribution is 5.72. The fraction of sp³-hybridized carbons (Fsp3) is 0.556. The van der Waals surface area contributed by atoms with Crippen LogP contribution in [-0.2, 0) is 4.79 Å². The van der Waals surface area contributed by atoms with Crippen LogP contribution in [0.15, 0.2) is 16.9 Å². The van der Waals surface area contributed by atoms with Gasteiger partial charge in [-0.1, -0.05) is 0 Å². The first-order chi connectivity index (χ1) is 6.04. The third-order valence-electron chi connectivity index (χ3n) is 2.34. The van der Waals surface area contributed by atoms with Crippen molar-refractivity contribution >= 4 is 12.2 Å². The van der Waals surface area contributed by atoms with Gasteiger partial charge in [0.15, 0.2) is 6.34 Å². The molecule has 1 rings (SSSR count). The van der Waals surface area contributed by atoms with E-state index in [4.69, 9.17) is 0 Å². The minimum atomic E-state index is 0.0179. The van der Waals surface area contributed by atoms with Crippen molar-refractivity contribution in [3.63, 3.8) is 0 Å². The average Bonchev–Trinajstić information content (AvgIpc) is 2.32. The zero-order valence-electron chi connectivity index (χ0n) is 8.37. The molecule has 1 N–H and O–H groups in total. The lowest BCUT2D eigenvalue weighted by Crippen LogP contribution is -2.44. The molecular formula is C9H16N3O+. The van der Waals surface area contributed by atoms with E-state index in [-0.39, 0.29) is 5.91 Å². The topological polar surface area (TPSA) is 41.5 Å². The molecule has 0 saturated heterocycles. The number of amides is 1. The fourth-order valence-corrected chi connectivity index (χ4v) is 1.21. The van der Waals surface area contributed by atoms with Gasteiger partial charge in [-0.2, -0.15) is 0 Å². The number of hydrogen-bond acceptors (Lipinski definition) is 2. The first-order valence-corrected chi connectivity index (χ1v) is 4.36. The SMILES string of the molecule is CC(=O)NCC[N+]1(C)C=NC=C1C. The van der Waals surface area contributed by atoms with Gasteiger partial charge in [0.05, 0.1) is 19.8 Å². The van der Waals surface area contributed by atoms with Crippen LogP contribution >= 0.6 is 0 Å². The number of carbonyl (C=O) groups excluding carboxylic acids is 1. The number of nitrogens with one attached hydrogen (secondary N) is 1. The van der Waals surface area contributed by atoms with Gasteiger partial charge >= 0.3 is 0 Å². The highest BCUT2D eigenvalue weighted by Gasteiger charge is 2.25. The molecule has 0 aliphatic carbocycles. The molecule has 1 heterocycles. The van der Waals surface area contributed by atoms with Crippen molar-refractivity contribution in [2.75, 3.05) is 20.1 Å². The molecule has 0 aromatic heterocycles. The van der Waals surface area contributed by atoms with Gasteiger partial charge in [-0.15, -0.1) is 0 Å². The Balaban J connectivity index is 2.40. The Kier molecular flexibility index (Phi) is 2.83. The van der Waals surface area contributed by atoms with Gasteiger partial charge in [0, 0.05) is 13.8 Å². The van der Waals surface area contributed by atoms with Crippen LogP contribution in [0.3, 0.4) is 0 Å². The number of hydrogen-bond donors (Lipinski definition) is 1. The number of rotatable bonds is 3. The van der Waals surface area contributed by atoms with Crippen molar-refractivity contribution in [2.24, 2.45) is 4.99 Å². The van der Waals surface area contributed by atoms with Gasteiger partial charge in [-0.3, -0.25) is 9.28 Å². The third kappa shape index (κ3) is 2.39. The van der Waals surface area contributed by atoms with Crippen LogP contribution in [0, 0.1) is 0 Å². The van der Waals surface area contributed by atoms with Gasteiger partial charge in [0.1, 0.15) is 12.2 Å². The van der Waals surface area contributed by atoms with E-state index in [2.05, 4.69) is 17.4 Å². The summed E-state index contributed by atoms with van der Waals surface area (Å²) >= 11 is 0. The Bertz CT molecular complexity index is 270. The standard InChI is InChI=1S/C9H15N3O/c1-8-6-10-7-12(8,3)5-4-11-9(2)13/h6-7H,4-5H2,1-3H3/p+1. The summed E-state index contributed by atoms with van der Waals surface area (Å²) in [5.41, 5.74) is 1.20. The van der Waals surface area contributed by atoms with Crippen LogP contribution in [0.1, 0.15) is 13.8 Å². The molecule has 72 valence electrons. The highest BCUT2D eigenvalue weighted by atomic mass is 16.1. The van der Waals surface area contributed by atoms with Gasteiger partial charge < -0.3 is 5.32 Å². The predicted octanol–water partition coefficient (Wildman–Crippen LogP) is 0.472. The lowest BCUT2D eigenvalue weighted by molar-refractivity contribution is -0.769. The van der Waals surface area contributed by atoms with Crippen LogP contribution < -0.4 is 5.32 Å². The number of likely N-dealkylation sites (N-methyl/N-ethyl adjacent to an activating group) is 1. The molecule has 0 aromatic carbocycles. The molecule has 1 amide bonds.